The van der Waals surface area contributed by atoms with Crippen molar-refractivity contribution < 1.29 is 9.59 Å². The maximum atomic E-state index is 12.1. The third-order valence-corrected chi connectivity index (χ3v) is 2.89. The van der Waals surface area contributed by atoms with Gasteiger partial charge in [0.05, 0.1) is 12.2 Å². The minimum Gasteiger partial charge on any atom is -0.346 e. The molecule has 108 valence electrons. The number of amides is 2. The molecule has 0 aliphatic heterocycles. The number of pyridine rings is 1. The highest BCUT2D eigenvalue weighted by Gasteiger charge is 2.07. The Bertz CT molecular complexity index is 626. The van der Waals surface area contributed by atoms with E-state index in [4.69, 9.17) is 0 Å². The minimum absolute atomic E-state index is 0.0824. The van der Waals surface area contributed by atoms with Gasteiger partial charge in [-0.1, -0.05) is 19.1 Å². The van der Waals surface area contributed by atoms with Crippen molar-refractivity contribution >= 4 is 17.5 Å². The Balaban J connectivity index is 1.99. The Morgan fingerprint density at radius 1 is 1.14 bits per heavy atom. The summed E-state index contributed by atoms with van der Waals surface area (Å²) < 4.78 is 0. The molecular weight excluding hydrogens is 266 g/mol. The average molecular weight is 283 g/mol. The van der Waals surface area contributed by atoms with Crippen LogP contribution in [0.25, 0.3) is 0 Å². The molecule has 5 nitrogen and oxygen atoms in total. The maximum Gasteiger partial charge on any atom is 0.251 e. The largest absolute Gasteiger partial charge is 0.346 e. The summed E-state index contributed by atoms with van der Waals surface area (Å²) in [5.74, 6) is -0.283. The number of anilines is 1. The van der Waals surface area contributed by atoms with Crippen LogP contribution in [-0.2, 0) is 11.3 Å². The van der Waals surface area contributed by atoms with Crippen LogP contribution < -0.4 is 10.6 Å². The first-order valence-corrected chi connectivity index (χ1v) is 6.77. The van der Waals surface area contributed by atoms with E-state index < -0.39 is 0 Å². The molecule has 0 bridgehead atoms. The van der Waals surface area contributed by atoms with Gasteiger partial charge in [-0.15, -0.1) is 0 Å². The third kappa shape index (κ3) is 4.42. The lowest BCUT2D eigenvalue weighted by molar-refractivity contribution is -0.115. The van der Waals surface area contributed by atoms with Crippen molar-refractivity contribution in [3.8, 4) is 0 Å². The Morgan fingerprint density at radius 3 is 2.71 bits per heavy atom. The fourth-order valence-corrected chi connectivity index (χ4v) is 1.76. The van der Waals surface area contributed by atoms with Gasteiger partial charge in [0.25, 0.3) is 5.91 Å². The van der Waals surface area contributed by atoms with Gasteiger partial charge in [-0.2, -0.15) is 0 Å². The molecule has 0 fully saturated rings. The Labute approximate surface area is 123 Å². The first-order chi connectivity index (χ1) is 10.2. The molecule has 1 aromatic carbocycles. The lowest BCUT2D eigenvalue weighted by Gasteiger charge is -2.07. The van der Waals surface area contributed by atoms with Gasteiger partial charge in [-0.25, -0.2) is 0 Å². The van der Waals surface area contributed by atoms with E-state index >= 15 is 0 Å². The topological polar surface area (TPSA) is 71.1 Å². The van der Waals surface area contributed by atoms with Crippen molar-refractivity contribution in [2.75, 3.05) is 5.32 Å². The number of nitrogens with zero attached hydrogens (tertiary/aromatic N) is 1. The van der Waals surface area contributed by atoms with Crippen LogP contribution in [0.1, 0.15) is 29.4 Å². The van der Waals surface area contributed by atoms with Crippen LogP contribution in [0.15, 0.2) is 48.7 Å². The molecule has 1 aromatic heterocycles. The van der Waals surface area contributed by atoms with Gasteiger partial charge >= 0.3 is 0 Å². The first-order valence-electron chi connectivity index (χ1n) is 6.77. The van der Waals surface area contributed by atoms with Crippen LogP contribution in [0.3, 0.4) is 0 Å². The molecule has 0 unspecified atom stereocenters. The lowest BCUT2D eigenvalue weighted by Crippen LogP contribution is -2.23. The SMILES string of the molecule is CCC(=O)Nc1cccc(C(=O)NCc2ccccn2)c1. The zero-order valence-corrected chi connectivity index (χ0v) is 11.8. The van der Waals surface area contributed by atoms with E-state index in [1.165, 1.54) is 0 Å². The molecule has 21 heavy (non-hydrogen) atoms. The standard InChI is InChI=1S/C16H17N3O2/c1-2-15(20)19-13-8-5-6-12(10-13)16(21)18-11-14-7-3-4-9-17-14/h3-10H,2,11H2,1H3,(H,18,21)(H,19,20). The van der Waals surface area contributed by atoms with E-state index in [-0.39, 0.29) is 11.8 Å². The van der Waals surface area contributed by atoms with Crippen LogP contribution in [0.2, 0.25) is 0 Å². The highest BCUT2D eigenvalue weighted by Crippen LogP contribution is 2.11. The van der Waals surface area contributed by atoms with Crippen molar-refractivity contribution in [1.29, 1.82) is 0 Å². The van der Waals surface area contributed by atoms with Gasteiger partial charge in [0.1, 0.15) is 0 Å². The summed E-state index contributed by atoms with van der Waals surface area (Å²) in [5.41, 5.74) is 1.91. The highest BCUT2D eigenvalue weighted by atomic mass is 16.2. The van der Waals surface area contributed by atoms with E-state index in [9.17, 15) is 9.59 Å². The molecule has 2 aromatic rings. The third-order valence-electron chi connectivity index (χ3n) is 2.89. The number of benzene rings is 1. The summed E-state index contributed by atoms with van der Waals surface area (Å²) in [7, 11) is 0. The van der Waals surface area contributed by atoms with Crippen molar-refractivity contribution in [3.05, 3.63) is 59.9 Å². The number of hydrogen-bond donors (Lipinski definition) is 2. The molecule has 0 saturated carbocycles. The number of carbonyl (C=O) groups is 2. The number of carbonyl (C=O) groups excluding carboxylic acids is 2. The molecule has 0 saturated heterocycles. The predicted octanol–water partition coefficient (Wildman–Crippen LogP) is 2.36. The zero-order chi connectivity index (χ0) is 15.1. The lowest BCUT2D eigenvalue weighted by atomic mass is 10.2. The highest BCUT2D eigenvalue weighted by molar-refractivity contribution is 5.97. The molecule has 2 amide bonds. The number of nitrogens with one attached hydrogen (secondary N) is 2. The summed E-state index contributed by atoms with van der Waals surface area (Å²) in [6.45, 7) is 2.14. The number of aromatic nitrogens is 1. The molecular formula is C16H17N3O2. The molecule has 2 N–H and O–H groups in total. The average Bonchev–Trinajstić information content (AvgIpc) is 2.53. The molecule has 1 heterocycles. The van der Waals surface area contributed by atoms with Crippen LogP contribution in [0.5, 0.6) is 0 Å². The normalized spacial score (nSPS) is 9.95. The maximum absolute atomic E-state index is 12.1. The summed E-state index contributed by atoms with van der Waals surface area (Å²) in [4.78, 5) is 27.6. The molecule has 0 atom stereocenters. The van der Waals surface area contributed by atoms with Gasteiger partial charge in [-0.05, 0) is 30.3 Å². The fourth-order valence-electron chi connectivity index (χ4n) is 1.76. The van der Waals surface area contributed by atoms with Gasteiger partial charge in [0.2, 0.25) is 5.91 Å². The Kier molecular flexibility index (Phi) is 5.04. The predicted molar refractivity (Wildman–Crippen MR) is 80.8 cm³/mol. The van der Waals surface area contributed by atoms with E-state index in [0.29, 0.717) is 24.2 Å². The second kappa shape index (κ2) is 7.19. The Hall–Kier alpha value is -2.69. The first kappa shape index (κ1) is 14.7. The van der Waals surface area contributed by atoms with Crippen molar-refractivity contribution in [1.82, 2.24) is 10.3 Å². The monoisotopic (exact) mass is 283 g/mol. The number of hydrogen-bond acceptors (Lipinski definition) is 3. The van der Waals surface area contributed by atoms with Gasteiger partial charge < -0.3 is 10.6 Å². The van der Waals surface area contributed by atoms with Crippen LogP contribution in [-0.4, -0.2) is 16.8 Å². The fraction of sp³-hybridized carbons (Fsp3) is 0.188. The van der Waals surface area contributed by atoms with E-state index in [1.807, 2.05) is 18.2 Å². The number of rotatable bonds is 5. The van der Waals surface area contributed by atoms with Crippen LogP contribution >= 0.6 is 0 Å². The second-order valence-electron chi connectivity index (χ2n) is 4.49. The van der Waals surface area contributed by atoms with Gasteiger partial charge in [0.15, 0.2) is 0 Å². The quantitative estimate of drug-likeness (QED) is 0.885. The summed E-state index contributed by atoms with van der Waals surface area (Å²) in [5, 5.41) is 5.52. The van der Waals surface area contributed by atoms with E-state index in [2.05, 4.69) is 15.6 Å². The molecule has 0 radical (unpaired) electrons. The van der Waals surface area contributed by atoms with Crippen molar-refractivity contribution in [2.45, 2.75) is 19.9 Å². The van der Waals surface area contributed by atoms with Gasteiger partial charge in [0, 0.05) is 23.9 Å². The van der Waals surface area contributed by atoms with Crippen molar-refractivity contribution in [2.24, 2.45) is 0 Å². The second-order valence-corrected chi connectivity index (χ2v) is 4.49. The Morgan fingerprint density at radius 2 is 2.00 bits per heavy atom. The van der Waals surface area contributed by atoms with E-state index in [1.54, 1.807) is 37.4 Å². The van der Waals surface area contributed by atoms with Crippen LogP contribution in [0, 0.1) is 0 Å². The smallest absolute Gasteiger partial charge is 0.251 e. The molecule has 5 heteroatoms. The van der Waals surface area contributed by atoms with Crippen molar-refractivity contribution in [3.63, 3.8) is 0 Å². The van der Waals surface area contributed by atoms with Crippen LogP contribution in [0.4, 0.5) is 5.69 Å². The molecule has 2 rings (SSSR count). The van der Waals surface area contributed by atoms with Gasteiger partial charge in [-0.3, -0.25) is 14.6 Å². The minimum atomic E-state index is -0.201. The van der Waals surface area contributed by atoms with E-state index in [0.717, 1.165) is 5.69 Å². The molecule has 0 aliphatic carbocycles. The summed E-state index contributed by atoms with van der Waals surface area (Å²) in [6, 6.07) is 12.4. The molecule has 0 aliphatic rings. The summed E-state index contributed by atoms with van der Waals surface area (Å²) in [6.07, 6.45) is 2.08. The summed E-state index contributed by atoms with van der Waals surface area (Å²) >= 11 is 0. The zero-order valence-electron chi connectivity index (χ0n) is 11.8. The molecule has 0 spiro atoms.